The normalized spacial score (nSPS) is 11.7. The molecule has 4 heteroatoms. The van der Waals surface area contributed by atoms with E-state index in [1.165, 1.54) is 0 Å². The van der Waals surface area contributed by atoms with Gasteiger partial charge in [0.15, 0.2) is 6.10 Å². The Hall–Kier alpha value is -2.49. The van der Waals surface area contributed by atoms with Crippen LogP contribution < -0.4 is 14.8 Å². The average molecular weight is 327 g/mol. The zero-order chi connectivity index (χ0) is 17.5. The highest BCUT2D eigenvalue weighted by molar-refractivity contribution is 5.80. The first-order valence-corrected chi connectivity index (χ1v) is 8.23. The van der Waals surface area contributed by atoms with E-state index in [2.05, 4.69) is 5.32 Å². The van der Waals surface area contributed by atoms with E-state index in [0.717, 1.165) is 28.2 Å². The van der Waals surface area contributed by atoms with Crippen LogP contribution in [0.25, 0.3) is 0 Å². The summed E-state index contributed by atoms with van der Waals surface area (Å²) >= 11 is 0. The SMILES string of the molecule is CCOc1ccc(CNC(=O)C(C)Oc2cc(C)ccc2C)cc1. The van der Waals surface area contributed by atoms with Gasteiger partial charge in [0.1, 0.15) is 11.5 Å². The smallest absolute Gasteiger partial charge is 0.261 e. The number of hydrogen-bond donors (Lipinski definition) is 1. The van der Waals surface area contributed by atoms with Gasteiger partial charge in [-0.3, -0.25) is 4.79 Å². The van der Waals surface area contributed by atoms with Gasteiger partial charge in [0.25, 0.3) is 5.91 Å². The van der Waals surface area contributed by atoms with Crippen LogP contribution in [-0.4, -0.2) is 18.6 Å². The molecule has 0 heterocycles. The van der Waals surface area contributed by atoms with Crippen molar-refractivity contribution in [2.75, 3.05) is 6.61 Å². The molecule has 0 radical (unpaired) electrons. The Labute approximate surface area is 143 Å². The van der Waals surface area contributed by atoms with Gasteiger partial charge in [0, 0.05) is 6.54 Å². The van der Waals surface area contributed by atoms with E-state index >= 15 is 0 Å². The van der Waals surface area contributed by atoms with Crippen molar-refractivity contribution in [3.63, 3.8) is 0 Å². The summed E-state index contributed by atoms with van der Waals surface area (Å²) < 4.78 is 11.2. The molecule has 0 aromatic heterocycles. The first kappa shape index (κ1) is 17.9. The molecule has 0 spiro atoms. The van der Waals surface area contributed by atoms with E-state index in [1.54, 1.807) is 6.92 Å². The molecule has 0 saturated heterocycles. The van der Waals surface area contributed by atoms with Crippen molar-refractivity contribution in [2.24, 2.45) is 0 Å². The summed E-state index contributed by atoms with van der Waals surface area (Å²) in [4.78, 5) is 12.2. The number of carbonyl (C=O) groups is 1. The van der Waals surface area contributed by atoms with Gasteiger partial charge in [0.2, 0.25) is 0 Å². The molecular formula is C20H25NO3. The molecule has 0 fully saturated rings. The van der Waals surface area contributed by atoms with E-state index in [4.69, 9.17) is 9.47 Å². The van der Waals surface area contributed by atoms with Crippen LogP contribution in [0.15, 0.2) is 42.5 Å². The predicted molar refractivity (Wildman–Crippen MR) is 95.5 cm³/mol. The first-order valence-electron chi connectivity index (χ1n) is 8.23. The Morgan fingerprint density at radius 2 is 1.83 bits per heavy atom. The van der Waals surface area contributed by atoms with Gasteiger partial charge in [-0.2, -0.15) is 0 Å². The average Bonchev–Trinajstić information content (AvgIpc) is 2.57. The molecule has 1 N–H and O–H groups in total. The summed E-state index contributed by atoms with van der Waals surface area (Å²) in [7, 11) is 0. The van der Waals surface area contributed by atoms with Gasteiger partial charge >= 0.3 is 0 Å². The lowest BCUT2D eigenvalue weighted by Gasteiger charge is -2.17. The zero-order valence-electron chi connectivity index (χ0n) is 14.8. The number of aryl methyl sites for hydroxylation is 2. The zero-order valence-corrected chi connectivity index (χ0v) is 14.8. The Morgan fingerprint density at radius 3 is 2.50 bits per heavy atom. The molecule has 0 saturated carbocycles. The second kappa shape index (κ2) is 8.39. The van der Waals surface area contributed by atoms with Crippen LogP contribution in [0.3, 0.4) is 0 Å². The van der Waals surface area contributed by atoms with Crippen LogP contribution in [0, 0.1) is 13.8 Å². The summed E-state index contributed by atoms with van der Waals surface area (Å²) in [5.74, 6) is 1.45. The number of benzene rings is 2. The lowest BCUT2D eigenvalue weighted by Crippen LogP contribution is -2.36. The molecule has 1 amide bonds. The van der Waals surface area contributed by atoms with Gasteiger partial charge in [0.05, 0.1) is 6.61 Å². The lowest BCUT2D eigenvalue weighted by molar-refractivity contribution is -0.127. The Bertz CT molecular complexity index is 680. The maximum Gasteiger partial charge on any atom is 0.261 e. The van der Waals surface area contributed by atoms with E-state index in [9.17, 15) is 4.79 Å². The highest BCUT2D eigenvalue weighted by Gasteiger charge is 2.15. The van der Waals surface area contributed by atoms with Gasteiger partial charge in [-0.25, -0.2) is 0 Å². The standard InChI is InChI=1S/C20H25NO3/c1-5-23-18-10-8-17(9-11-18)13-21-20(22)16(4)24-19-12-14(2)6-7-15(19)3/h6-12,16H,5,13H2,1-4H3,(H,21,22). The first-order chi connectivity index (χ1) is 11.5. The quantitative estimate of drug-likeness (QED) is 0.842. The third-order valence-electron chi connectivity index (χ3n) is 3.72. The molecule has 1 unspecified atom stereocenters. The summed E-state index contributed by atoms with van der Waals surface area (Å²) in [6, 6.07) is 13.7. The molecule has 4 nitrogen and oxygen atoms in total. The molecule has 128 valence electrons. The Morgan fingerprint density at radius 1 is 1.12 bits per heavy atom. The van der Waals surface area contributed by atoms with Crippen LogP contribution in [0.4, 0.5) is 0 Å². The Kier molecular flexibility index (Phi) is 6.24. The van der Waals surface area contributed by atoms with Gasteiger partial charge in [-0.1, -0.05) is 24.3 Å². The van der Waals surface area contributed by atoms with Crippen LogP contribution in [0.1, 0.15) is 30.5 Å². The number of amides is 1. The topological polar surface area (TPSA) is 47.6 Å². The molecular weight excluding hydrogens is 302 g/mol. The summed E-state index contributed by atoms with van der Waals surface area (Å²) in [6.07, 6.45) is -0.548. The third kappa shape index (κ3) is 5.01. The third-order valence-corrected chi connectivity index (χ3v) is 3.72. The molecule has 2 aromatic carbocycles. The number of nitrogens with one attached hydrogen (secondary N) is 1. The number of ether oxygens (including phenoxy) is 2. The molecule has 0 bridgehead atoms. The minimum atomic E-state index is -0.548. The van der Waals surface area contributed by atoms with Crippen molar-refractivity contribution in [3.8, 4) is 11.5 Å². The van der Waals surface area contributed by atoms with Crippen LogP contribution in [0.5, 0.6) is 11.5 Å². The van der Waals surface area contributed by atoms with E-state index in [1.807, 2.05) is 63.2 Å². The molecule has 0 aliphatic rings. The van der Waals surface area contributed by atoms with Gasteiger partial charge in [-0.05, 0) is 62.6 Å². The fraction of sp³-hybridized carbons (Fsp3) is 0.350. The van der Waals surface area contributed by atoms with Crippen molar-refractivity contribution in [1.82, 2.24) is 5.32 Å². The van der Waals surface area contributed by atoms with Crippen LogP contribution >= 0.6 is 0 Å². The number of rotatable bonds is 7. The molecule has 2 rings (SSSR count). The minimum Gasteiger partial charge on any atom is -0.494 e. The van der Waals surface area contributed by atoms with Crippen molar-refractivity contribution >= 4 is 5.91 Å². The van der Waals surface area contributed by atoms with Gasteiger partial charge < -0.3 is 14.8 Å². The molecule has 24 heavy (non-hydrogen) atoms. The fourth-order valence-electron chi connectivity index (χ4n) is 2.28. The summed E-state index contributed by atoms with van der Waals surface area (Å²) in [5.41, 5.74) is 3.15. The van der Waals surface area contributed by atoms with Crippen molar-refractivity contribution in [1.29, 1.82) is 0 Å². The largest absolute Gasteiger partial charge is 0.494 e. The van der Waals surface area contributed by atoms with Gasteiger partial charge in [-0.15, -0.1) is 0 Å². The highest BCUT2D eigenvalue weighted by atomic mass is 16.5. The summed E-state index contributed by atoms with van der Waals surface area (Å²) in [6.45, 7) is 8.79. The van der Waals surface area contributed by atoms with Crippen molar-refractivity contribution in [2.45, 2.75) is 40.3 Å². The van der Waals surface area contributed by atoms with E-state index in [-0.39, 0.29) is 5.91 Å². The maximum atomic E-state index is 12.2. The van der Waals surface area contributed by atoms with Crippen molar-refractivity contribution < 1.29 is 14.3 Å². The Balaban J connectivity index is 1.88. The minimum absolute atomic E-state index is 0.134. The molecule has 0 aliphatic heterocycles. The van der Waals surface area contributed by atoms with E-state index in [0.29, 0.717) is 13.2 Å². The van der Waals surface area contributed by atoms with Crippen LogP contribution in [0.2, 0.25) is 0 Å². The monoisotopic (exact) mass is 327 g/mol. The maximum absolute atomic E-state index is 12.2. The summed E-state index contributed by atoms with van der Waals surface area (Å²) in [5, 5.41) is 2.90. The van der Waals surface area contributed by atoms with Crippen molar-refractivity contribution in [3.05, 3.63) is 59.2 Å². The van der Waals surface area contributed by atoms with Crippen LogP contribution in [-0.2, 0) is 11.3 Å². The highest BCUT2D eigenvalue weighted by Crippen LogP contribution is 2.20. The molecule has 2 aromatic rings. The molecule has 0 aliphatic carbocycles. The number of carbonyl (C=O) groups excluding carboxylic acids is 1. The fourth-order valence-corrected chi connectivity index (χ4v) is 2.28. The lowest BCUT2D eigenvalue weighted by atomic mass is 10.1. The second-order valence-electron chi connectivity index (χ2n) is 5.82. The van der Waals surface area contributed by atoms with E-state index < -0.39 is 6.10 Å². The predicted octanol–water partition coefficient (Wildman–Crippen LogP) is 3.79. The molecule has 1 atom stereocenters. The second-order valence-corrected chi connectivity index (χ2v) is 5.82. The number of hydrogen-bond acceptors (Lipinski definition) is 3.